The minimum atomic E-state index is -4.28. The fraction of sp³-hybridized carbons (Fsp3) is 0.366. The maximum atomic E-state index is 13.9. The van der Waals surface area contributed by atoms with Crippen LogP contribution in [0, 0.1) is 5.92 Å². The fourth-order valence-electron chi connectivity index (χ4n) is 7.56. The number of ether oxygens (including phenoxy) is 2. The number of esters is 1. The molecule has 282 valence electrons. The topological polar surface area (TPSA) is 151 Å². The molecule has 54 heavy (non-hydrogen) atoms. The van der Waals surface area contributed by atoms with Gasteiger partial charge in [-0.05, 0) is 96.6 Å². The molecule has 2 N–H and O–H groups in total. The molecule has 12 nitrogen and oxygen atoms in total. The number of carbonyl (C=O) groups is 4. The number of piperidine rings is 1. The van der Waals surface area contributed by atoms with Crippen LogP contribution in [0.15, 0.2) is 77.7 Å². The summed E-state index contributed by atoms with van der Waals surface area (Å²) in [5.74, 6) is -1.24. The zero-order valence-electron chi connectivity index (χ0n) is 30.8. The van der Waals surface area contributed by atoms with E-state index in [9.17, 15) is 27.6 Å². The van der Waals surface area contributed by atoms with E-state index in [4.69, 9.17) is 9.47 Å². The maximum Gasteiger partial charge on any atom is 0.410 e. The summed E-state index contributed by atoms with van der Waals surface area (Å²) in [6.45, 7) is 7.38. The molecule has 0 aromatic heterocycles. The number of nitrogens with zero attached hydrogens (tertiary/aromatic N) is 2. The second-order valence-corrected chi connectivity index (χ2v) is 16.8. The Morgan fingerprint density at radius 3 is 2.26 bits per heavy atom. The SMILES string of the molecule is COC(=O)[C@H](CNC(=O)c1ccc2c(c1)C(=O)N(CCC1CCN(C(=O)OC(C)(C)C)CC1)C2)NS(=O)(=O)c1ccc2ccc3cccc4ccc1c2c34. The second-order valence-electron chi connectivity index (χ2n) is 15.1. The summed E-state index contributed by atoms with van der Waals surface area (Å²) in [6, 6.07) is 20.2. The van der Waals surface area contributed by atoms with Crippen molar-refractivity contribution >= 4 is 66.2 Å². The van der Waals surface area contributed by atoms with Gasteiger partial charge in [0.05, 0.1) is 12.0 Å². The Morgan fingerprint density at radius 1 is 0.907 bits per heavy atom. The molecule has 2 aliphatic rings. The first-order valence-electron chi connectivity index (χ1n) is 18.2. The van der Waals surface area contributed by atoms with Gasteiger partial charge in [-0.15, -0.1) is 0 Å². The Labute approximate surface area is 314 Å². The number of benzene rings is 5. The van der Waals surface area contributed by atoms with Crippen molar-refractivity contribution in [2.75, 3.05) is 33.3 Å². The lowest BCUT2D eigenvalue weighted by molar-refractivity contribution is -0.142. The van der Waals surface area contributed by atoms with Crippen LogP contribution in [0.3, 0.4) is 0 Å². The summed E-state index contributed by atoms with van der Waals surface area (Å²) >= 11 is 0. The monoisotopic (exact) mass is 752 g/mol. The maximum absolute atomic E-state index is 13.9. The molecule has 5 aromatic rings. The molecular formula is C41H44N4O8S. The highest BCUT2D eigenvalue weighted by molar-refractivity contribution is 7.89. The third kappa shape index (κ3) is 7.42. The Hall–Kier alpha value is -5.27. The molecule has 2 heterocycles. The van der Waals surface area contributed by atoms with Gasteiger partial charge in [0.1, 0.15) is 11.6 Å². The highest BCUT2D eigenvalue weighted by atomic mass is 32.2. The van der Waals surface area contributed by atoms with Crippen molar-refractivity contribution in [1.82, 2.24) is 19.8 Å². The number of nitrogens with one attached hydrogen (secondary N) is 2. The van der Waals surface area contributed by atoms with E-state index in [1.165, 1.54) is 12.1 Å². The highest BCUT2D eigenvalue weighted by Crippen LogP contribution is 2.37. The zero-order chi connectivity index (χ0) is 38.4. The number of carbonyl (C=O) groups excluding carboxylic acids is 4. The van der Waals surface area contributed by atoms with Crippen LogP contribution >= 0.6 is 0 Å². The number of fused-ring (bicyclic) bond motifs is 1. The van der Waals surface area contributed by atoms with Crippen molar-refractivity contribution < 1.29 is 37.1 Å². The van der Waals surface area contributed by atoms with E-state index in [0.29, 0.717) is 43.0 Å². The third-order valence-electron chi connectivity index (χ3n) is 10.4. The van der Waals surface area contributed by atoms with Crippen LogP contribution in [0.4, 0.5) is 4.79 Å². The van der Waals surface area contributed by atoms with Crippen LogP contribution in [0.2, 0.25) is 0 Å². The minimum absolute atomic E-state index is 0.00132. The van der Waals surface area contributed by atoms with Crippen molar-refractivity contribution in [2.24, 2.45) is 5.92 Å². The third-order valence-corrected chi connectivity index (χ3v) is 11.9. The van der Waals surface area contributed by atoms with Crippen molar-refractivity contribution in [1.29, 1.82) is 0 Å². The van der Waals surface area contributed by atoms with Crippen LogP contribution in [-0.2, 0) is 30.8 Å². The second kappa shape index (κ2) is 14.5. The highest BCUT2D eigenvalue weighted by Gasteiger charge is 2.32. The summed E-state index contributed by atoms with van der Waals surface area (Å²) < 4.78 is 40.6. The summed E-state index contributed by atoms with van der Waals surface area (Å²) in [5.41, 5.74) is 0.905. The normalized spacial score (nSPS) is 15.9. The Balaban J connectivity index is 0.981. The van der Waals surface area contributed by atoms with E-state index in [1.54, 1.807) is 34.1 Å². The number of sulfonamides is 1. The van der Waals surface area contributed by atoms with E-state index in [-0.39, 0.29) is 29.0 Å². The Kier molecular flexibility index (Phi) is 9.96. The number of methoxy groups -OCH3 is 1. The molecule has 0 saturated carbocycles. The predicted octanol–water partition coefficient (Wildman–Crippen LogP) is 5.83. The smallest absolute Gasteiger partial charge is 0.410 e. The van der Waals surface area contributed by atoms with Crippen LogP contribution in [0.5, 0.6) is 0 Å². The first kappa shape index (κ1) is 37.1. The van der Waals surface area contributed by atoms with Gasteiger partial charge in [-0.3, -0.25) is 14.4 Å². The van der Waals surface area contributed by atoms with Crippen LogP contribution in [0.1, 0.15) is 66.3 Å². The molecule has 0 radical (unpaired) electrons. The molecule has 1 atom stereocenters. The van der Waals surface area contributed by atoms with Crippen LogP contribution in [-0.4, -0.2) is 87.0 Å². The number of likely N-dealkylation sites (tertiary alicyclic amines) is 1. The zero-order valence-corrected chi connectivity index (χ0v) is 31.6. The minimum Gasteiger partial charge on any atom is -0.468 e. The van der Waals surface area contributed by atoms with E-state index in [2.05, 4.69) is 10.0 Å². The van der Waals surface area contributed by atoms with E-state index in [1.807, 2.05) is 57.2 Å². The van der Waals surface area contributed by atoms with Gasteiger partial charge in [0, 0.05) is 49.2 Å². The fourth-order valence-corrected chi connectivity index (χ4v) is 8.95. The van der Waals surface area contributed by atoms with Gasteiger partial charge in [0.2, 0.25) is 10.0 Å². The Morgan fingerprint density at radius 2 is 1.57 bits per heavy atom. The quantitative estimate of drug-likeness (QED) is 0.134. The first-order chi connectivity index (χ1) is 25.7. The van der Waals surface area contributed by atoms with Crippen molar-refractivity contribution in [3.05, 3.63) is 89.5 Å². The summed E-state index contributed by atoms with van der Waals surface area (Å²) in [7, 11) is -3.13. The molecule has 1 saturated heterocycles. The van der Waals surface area contributed by atoms with E-state index in [0.717, 1.165) is 58.9 Å². The molecule has 7 rings (SSSR count). The van der Waals surface area contributed by atoms with Crippen molar-refractivity contribution in [3.63, 3.8) is 0 Å². The summed E-state index contributed by atoms with van der Waals surface area (Å²) in [4.78, 5) is 55.5. The number of hydrogen-bond donors (Lipinski definition) is 2. The lowest BCUT2D eigenvalue weighted by Gasteiger charge is -2.34. The van der Waals surface area contributed by atoms with Gasteiger partial charge >= 0.3 is 12.1 Å². The lowest BCUT2D eigenvalue weighted by atomic mass is 9.93. The summed E-state index contributed by atoms with van der Waals surface area (Å²) in [6.07, 6.45) is 2.17. The first-order valence-corrected chi connectivity index (χ1v) is 19.7. The average molecular weight is 753 g/mol. The van der Waals surface area contributed by atoms with E-state index < -0.39 is 33.5 Å². The Bertz CT molecular complexity index is 2360. The molecule has 5 aromatic carbocycles. The molecule has 0 spiro atoms. The van der Waals surface area contributed by atoms with Crippen molar-refractivity contribution in [2.45, 2.75) is 63.1 Å². The lowest BCUT2D eigenvalue weighted by Crippen LogP contribution is -2.48. The predicted molar refractivity (Wildman–Crippen MR) is 205 cm³/mol. The van der Waals surface area contributed by atoms with Gasteiger partial charge in [-0.1, -0.05) is 54.6 Å². The van der Waals surface area contributed by atoms with Crippen LogP contribution < -0.4 is 10.0 Å². The molecule has 13 heteroatoms. The molecule has 0 aliphatic carbocycles. The van der Waals surface area contributed by atoms with Gasteiger partial charge in [0.25, 0.3) is 11.8 Å². The van der Waals surface area contributed by atoms with Gasteiger partial charge in [-0.2, -0.15) is 4.72 Å². The number of hydrogen-bond acceptors (Lipinski definition) is 8. The largest absolute Gasteiger partial charge is 0.468 e. The molecule has 2 aliphatic heterocycles. The van der Waals surface area contributed by atoms with Crippen molar-refractivity contribution in [3.8, 4) is 0 Å². The molecule has 1 fully saturated rings. The number of amides is 3. The average Bonchev–Trinajstić information content (AvgIpc) is 3.47. The molecular weight excluding hydrogens is 709 g/mol. The standard InChI is InChI=1S/C41H44N4O8S/c1-41(2,3)53-40(49)44-19-16-25(17-20-44)18-21-45-24-30-11-10-29(22-32(30)38(45)47)37(46)42-23-33(39(48)52-4)43-54(50,51)34-15-13-28-9-8-26-6-5-7-27-12-14-31(34)36(28)35(26)27/h5-15,22,25,33,43H,16-21,23-24H2,1-4H3,(H,42,46)/t33-/m0/s1. The molecule has 0 unspecified atom stereocenters. The van der Waals surface area contributed by atoms with Crippen LogP contribution in [0.25, 0.3) is 32.3 Å². The van der Waals surface area contributed by atoms with Gasteiger partial charge in [0.15, 0.2) is 0 Å². The van der Waals surface area contributed by atoms with E-state index >= 15 is 0 Å². The summed E-state index contributed by atoms with van der Waals surface area (Å²) in [5, 5.41) is 7.78. The van der Waals surface area contributed by atoms with Gasteiger partial charge in [-0.25, -0.2) is 13.2 Å². The number of rotatable bonds is 10. The molecule has 3 amide bonds. The molecule has 0 bridgehead atoms. The van der Waals surface area contributed by atoms with Gasteiger partial charge < -0.3 is 24.6 Å².